The number of carbonyl (C=O) groups is 2. The van der Waals surface area contributed by atoms with Gasteiger partial charge >= 0.3 is 11.9 Å². The number of ether oxygens (including phenoxy) is 2. The Labute approximate surface area is 122 Å². The van der Waals surface area contributed by atoms with Crippen molar-refractivity contribution in [3.8, 4) is 0 Å². The summed E-state index contributed by atoms with van der Waals surface area (Å²) in [6.07, 6.45) is 5.98. The van der Waals surface area contributed by atoms with E-state index < -0.39 is 11.9 Å². The largest absolute Gasteiger partial charge is 0.463 e. The minimum absolute atomic E-state index is 0.394. The zero-order valence-corrected chi connectivity index (χ0v) is 13.2. The highest BCUT2D eigenvalue weighted by Gasteiger charge is 2.02. The SMILES string of the molecule is CC(C)CCCOC(=O)/C=C\C(=O)OCCCC(C)C. The second kappa shape index (κ2) is 11.5. The molecule has 0 rings (SSSR count). The van der Waals surface area contributed by atoms with Crippen molar-refractivity contribution in [2.75, 3.05) is 13.2 Å². The van der Waals surface area contributed by atoms with Crippen molar-refractivity contribution in [1.82, 2.24) is 0 Å². The zero-order chi connectivity index (χ0) is 15.4. The van der Waals surface area contributed by atoms with Crippen LogP contribution in [0.2, 0.25) is 0 Å². The smallest absolute Gasteiger partial charge is 0.331 e. The maximum atomic E-state index is 11.3. The van der Waals surface area contributed by atoms with E-state index in [1.54, 1.807) is 0 Å². The van der Waals surface area contributed by atoms with Gasteiger partial charge in [0.2, 0.25) is 0 Å². The summed E-state index contributed by atoms with van der Waals surface area (Å²) in [4.78, 5) is 22.6. The molecule has 0 aliphatic carbocycles. The van der Waals surface area contributed by atoms with Crippen molar-refractivity contribution in [1.29, 1.82) is 0 Å². The van der Waals surface area contributed by atoms with Gasteiger partial charge in [0.15, 0.2) is 0 Å². The van der Waals surface area contributed by atoms with Gasteiger partial charge in [-0.15, -0.1) is 0 Å². The van der Waals surface area contributed by atoms with Crippen molar-refractivity contribution in [2.24, 2.45) is 11.8 Å². The van der Waals surface area contributed by atoms with Crippen LogP contribution in [-0.2, 0) is 19.1 Å². The van der Waals surface area contributed by atoms with E-state index in [4.69, 9.17) is 9.47 Å². The first-order valence-corrected chi connectivity index (χ1v) is 7.43. The molecule has 4 heteroatoms. The van der Waals surface area contributed by atoms with Gasteiger partial charge < -0.3 is 9.47 Å². The molecule has 0 aromatic carbocycles. The third-order valence-electron chi connectivity index (χ3n) is 2.70. The fourth-order valence-electron chi connectivity index (χ4n) is 1.56. The number of hydrogen-bond donors (Lipinski definition) is 0. The molecule has 0 unspecified atom stereocenters. The molecule has 0 heterocycles. The second-order valence-electron chi connectivity index (χ2n) is 5.74. The van der Waals surface area contributed by atoms with Crippen LogP contribution in [0.5, 0.6) is 0 Å². The summed E-state index contributed by atoms with van der Waals surface area (Å²) in [7, 11) is 0. The van der Waals surface area contributed by atoms with Crippen LogP contribution in [0, 0.1) is 11.8 Å². The number of carbonyl (C=O) groups excluding carboxylic acids is 2. The molecular formula is C16H28O4. The summed E-state index contributed by atoms with van der Waals surface area (Å²) in [5.41, 5.74) is 0. The van der Waals surface area contributed by atoms with E-state index >= 15 is 0 Å². The summed E-state index contributed by atoms with van der Waals surface area (Å²) in [5, 5.41) is 0. The van der Waals surface area contributed by atoms with E-state index in [1.165, 1.54) is 0 Å². The van der Waals surface area contributed by atoms with Gasteiger partial charge in [-0.1, -0.05) is 27.7 Å². The van der Waals surface area contributed by atoms with E-state index in [9.17, 15) is 9.59 Å². The lowest BCUT2D eigenvalue weighted by Crippen LogP contribution is -2.07. The fraction of sp³-hybridized carbons (Fsp3) is 0.750. The average molecular weight is 284 g/mol. The van der Waals surface area contributed by atoms with Crippen molar-refractivity contribution in [3.05, 3.63) is 12.2 Å². The number of rotatable bonds is 10. The highest BCUT2D eigenvalue weighted by Crippen LogP contribution is 2.04. The van der Waals surface area contributed by atoms with Crippen LogP contribution in [0.25, 0.3) is 0 Å². The molecule has 0 amide bonds. The highest BCUT2D eigenvalue weighted by atomic mass is 16.5. The van der Waals surface area contributed by atoms with Gasteiger partial charge in [-0.05, 0) is 37.5 Å². The lowest BCUT2D eigenvalue weighted by molar-refractivity contribution is -0.140. The first kappa shape index (κ1) is 18.7. The van der Waals surface area contributed by atoms with Gasteiger partial charge in [0.1, 0.15) is 0 Å². The Morgan fingerprint density at radius 1 is 0.800 bits per heavy atom. The van der Waals surface area contributed by atoms with Crippen LogP contribution in [0.15, 0.2) is 12.2 Å². The van der Waals surface area contributed by atoms with Gasteiger partial charge in [0.05, 0.1) is 13.2 Å². The summed E-state index contributed by atoms with van der Waals surface area (Å²) < 4.78 is 9.93. The number of hydrogen-bond acceptors (Lipinski definition) is 4. The van der Waals surface area contributed by atoms with Gasteiger partial charge in [-0.25, -0.2) is 9.59 Å². The van der Waals surface area contributed by atoms with Gasteiger partial charge in [-0.3, -0.25) is 0 Å². The molecule has 0 aliphatic heterocycles. The van der Waals surface area contributed by atoms with E-state index in [2.05, 4.69) is 27.7 Å². The Hall–Kier alpha value is -1.32. The molecule has 0 N–H and O–H groups in total. The Bertz CT molecular complexity index is 276. The third kappa shape index (κ3) is 13.1. The molecule has 0 bridgehead atoms. The summed E-state index contributed by atoms with van der Waals surface area (Å²) in [5.74, 6) is 0.218. The Kier molecular flexibility index (Phi) is 10.7. The molecule has 0 aliphatic rings. The van der Waals surface area contributed by atoms with Crippen LogP contribution in [0.1, 0.15) is 53.4 Å². The molecule has 0 saturated heterocycles. The van der Waals surface area contributed by atoms with E-state index in [1.807, 2.05) is 0 Å². The minimum Gasteiger partial charge on any atom is -0.463 e. The summed E-state index contributed by atoms with van der Waals surface area (Å²) in [6, 6.07) is 0. The van der Waals surface area contributed by atoms with Crippen LogP contribution in [0.4, 0.5) is 0 Å². The molecule has 4 nitrogen and oxygen atoms in total. The predicted octanol–water partition coefficient (Wildman–Crippen LogP) is 3.50. The van der Waals surface area contributed by atoms with Gasteiger partial charge in [-0.2, -0.15) is 0 Å². The Morgan fingerprint density at radius 3 is 1.45 bits per heavy atom. The monoisotopic (exact) mass is 284 g/mol. The van der Waals surface area contributed by atoms with E-state index in [0.29, 0.717) is 25.0 Å². The lowest BCUT2D eigenvalue weighted by Gasteiger charge is -2.05. The summed E-state index contributed by atoms with van der Waals surface area (Å²) in [6.45, 7) is 9.28. The standard InChI is InChI=1S/C16H28O4/c1-13(2)7-5-11-19-15(17)9-10-16(18)20-12-6-8-14(3)4/h9-10,13-14H,5-8,11-12H2,1-4H3/b10-9-. The van der Waals surface area contributed by atoms with Gasteiger partial charge in [0, 0.05) is 12.2 Å². The first-order valence-electron chi connectivity index (χ1n) is 7.43. The normalized spacial score (nSPS) is 11.3. The second-order valence-corrected chi connectivity index (χ2v) is 5.74. The number of esters is 2. The maximum absolute atomic E-state index is 11.3. The molecular weight excluding hydrogens is 256 g/mol. The Balaban J connectivity index is 3.64. The topological polar surface area (TPSA) is 52.6 Å². The van der Waals surface area contributed by atoms with Gasteiger partial charge in [0.25, 0.3) is 0 Å². The predicted molar refractivity (Wildman–Crippen MR) is 79.2 cm³/mol. The fourth-order valence-corrected chi connectivity index (χ4v) is 1.56. The van der Waals surface area contributed by atoms with Crippen molar-refractivity contribution in [2.45, 2.75) is 53.4 Å². The van der Waals surface area contributed by atoms with Crippen LogP contribution >= 0.6 is 0 Å². The zero-order valence-electron chi connectivity index (χ0n) is 13.2. The van der Waals surface area contributed by atoms with Crippen molar-refractivity contribution >= 4 is 11.9 Å². The molecule has 116 valence electrons. The van der Waals surface area contributed by atoms with Crippen molar-refractivity contribution < 1.29 is 19.1 Å². The average Bonchev–Trinajstić information content (AvgIpc) is 2.37. The van der Waals surface area contributed by atoms with Crippen molar-refractivity contribution in [3.63, 3.8) is 0 Å². The van der Waals surface area contributed by atoms with E-state index in [-0.39, 0.29) is 0 Å². The van der Waals surface area contributed by atoms with E-state index in [0.717, 1.165) is 37.8 Å². The quantitative estimate of drug-likeness (QED) is 0.350. The maximum Gasteiger partial charge on any atom is 0.331 e. The molecule has 0 saturated carbocycles. The molecule has 0 atom stereocenters. The Morgan fingerprint density at radius 2 is 1.15 bits per heavy atom. The molecule has 0 fully saturated rings. The van der Waals surface area contributed by atoms with Crippen LogP contribution < -0.4 is 0 Å². The third-order valence-corrected chi connectivity index (χ3v) is 2.70. The van der Waals surface area contributed by atoms with Crippen LogP contribution in [0.3, 0.4) is 0 Å². The molecule has 0 spiro atoms. The highest BCUT2D eigenvalue weighted by molar-refractivity contribution is 5.91. The molecule has 0 aromatic rings. The molecule has 0 aromatic heterocycles. The minimum atomic E-state index is -0.493. The molecule has 0 radical (unpaired) electrons. The molecule has 20 heavy (non-hydrogen) atoms. The first-order chi connectivity index (χ1) is 9.41. The summed E-state index contributed by atoms with van der Waals surface area (Å²) >= 11 is 0. The lowest BCUT2D eigenvalue weighted by atomic mass is 10.1. The van der Waals surface area contributed by atoms with Crippen LogP contribution in [-0.4, -0.2) is 25.2 Å².